The van der Waals surface area contributed by atoms with Gasteiger partial charge >= 0.3 is 0 Å². The second-order valence-electron chi connectivity index (χ2n) is 23.6. The van der Waals surface area contributed by atoms with Crippen LogP contribution in [0.2, 0.25) is 0 Å². The summed E-state index contributed by atoms with van der Waals surface area (Å²) in [5.41, 5.74) is 0. The van der Waals surface area contributed by atoms with Crippen molar-refractivity contribution in [3.05, 3.63) is 0 Å². The molecule has 4 atom stereocenters. The zero-order valence-electron chi connectivity index (χ0n) is 51.6. The van der Waals surface area contributed by atoms with Crippen molar-refractivity contribution < 1.29 is 30.0 Å². The molecule has 0 aliphatic heterocycles. The lowest BCUT2D eigenvalue weighted by Crippen LogP contribution is -2.39. The molecular formula is C66H132N2O6S3. The van der Waals surface area contributed by atoms with E-state index in [1.807, 2.05) is 0 Å². The number of hydrogen-bond donors (Lipinski definition) is 4. The Kier molecular flexibility index (Phi) is 62.3. The Bertz CT molecular complexity index is 1050. The molecule has 0 amide bonds. The van der Waals surface area contributed by atoms with Gasteiger partial charge in [-0.1, -0.05) is 308 Å². The quantitative estimate of drug-likeness (QED) is 0.0436. The van der Waals surface area contributed by atoms with Crippen molar-refractivity contribution in [3.63, 3.8) is 0 Å². The van der Waals surface area contributed by atoms with Gasteiger partial charge in [-0.3, -0.25) is 19.4 Å². The summed E-state index contributed by atoms with van der Waals surface area (Å²) < 4.78 is 0. The first-order valence-electron chi connectivity index (χ1n) is 33.7. The standard InChI is InChI=1S/C66H132N2O6S3/c1-5-9-13-17-21-25-29-33-37-41-45-61(69)57-67(58-62(70)46-42-38-34-30-26-22-18-14-10-6-2)51-49-65(73)76-55-53-75-54-56-77-66(74)50-52-68(59-63(71)47-43-39-35-31-27-23-19-15-11-7-3)60-64(72)48-44-40-36-32-28-24-20-16-12-8-4/h61-64,69-72H,5-60H2,1-4H3. The van der Waals surface area contributed by atoms with Crippen LogP contribution < -0.4 is 0 Å². The fourth-order valence-corrected chi connectivity index (χ4v) is 13.5. The maximum absolute atomic E-state index is 13.1. The highest BCUT2D eigenvalue weighted by molar-refractivity contribution is 8.15. The molecular weight excluding hydrogens is 1010 g/mol. The predicted octanol–water partition coefficient (Wildman–Crippen LogP) is 18.3. The van der Waals surface area contributed by atoms with E-state index in [0.717, 1.165) is 100 Å². The minimum Gasteiger partial charge on any atom is -0.392 e. The molecule has 8 nitrogen and oxygen atoms in total. The number of nitrogens with zero attached hydrogens (tertiary/aromatic N) is 2. The smallest absolute Gasteiger partial charge is 0.190 e. The monoisotopic (exact) mass is 1140 g/mol. The molecule has 460 valence electrons. The molecule has 77 heavy (non-hydrogen) atoms. The number of unbranched alkanes of at least 4 members (excludes halogenated alkanes) is 36. The molecule has 0 aromatic carbocycles. The largest absolute Gasteiger partial charge is 0.392 e. The van der Waals surface area contributed by atoms with E-state index in [1.54, 1.807) is 11.8 Å². The number of hydrogen-bond acceptors (Lipinski definition) is 11. The number of carbonyl (C=O) groups is 2. The van der Waals surface area contributed by atoms with Gasteiger partial charge < -0.3 is 20.4 Å². The van der Waals surface area contributed by atoms with Gasteiger partial charge in [0, 0.05) is 75.1 Å². The Balaban J connectivity index is 4.79. The summed E-state index contributed by atoms with van der Waals surface area (Å²) >= 11 is 4.57. The van der Waals surface area contributed by atoms with Crippen molar-refractivity contribution in [1.82, 2.24) is 9.80 Å². The van der Waals surface area contributed by atoms with Gasteiger partial charge in [-0.2, -0.15) is 11.8 Å². The van der Waals surface area contributed by atoms with Crippen LogP contribution in [-0.4, -0.2) is 127 Å². The fraction of sp³-hybridized carbons (Fsp3) is 0.970. The first kappa shape index (κ1) is 77.2. The number of aliphatic hydroxyl groups excluding tert-OH is 4. The Morgan fingerprint density at radius 2 is 0.494 bits per heavy atom. The van der Waals surface area contributed by atoms with E-state index in [1.165, 1.54) is 229 Å². The summed E-state index contributed by atoms with van der Waals surface area (Å²) in [5.74, 6) is 3.18. The average Bonchev–Trinajstić information content (AvgIpc) is 3.41. The van der Waals surface area contributed by atoms with Gasteiger partial charge in [-0.25, -0.2) is 0 Å². The second-order valence-corrected chi connectivity index (χ2v) is 27.1. The molecule has 0 bridgehead atoms. The summed E-state index contributed by atoms with van der Waals surface area (Å²) in [6.07, 6.45) is 53.1. The summed E-state index contributed by atoms with van der Waals surface area (Å²) in [6.45, 7) is 12.2. The van der Waals surface area contributed by atoms with Gasteiger partial charge in [0.25, 0.3) is 0 Å². The van der Waals surface area contributed by atoms with E-state index in [-0.39, 0.29) is 10.2 Å². The van der Waals surface area contributed by atoms with Crippen LogP contribution in [-0.2, 0) is 9.59 Å². The van der Waals surface area contributed by atoms with Crippen LogP contribution in [0.25, 0.3) is 0 Å². The zero-order chi connectivity index (χ0) is 56.3. The third kappa shape index (κ3) is 59.1. The van der Waals surface area contributed by atoms with Crippen molar-refractivity contribution in [2.24, 2.45) is 0 Å². The van der Waals surface area contributed by atoms with Crippen molar-refractivity contribution >= 4 is 45.5 Å². The van der Waals surface area contributed by atoms with Crippen LogP contribution in [0.5, 0.6) is 0 Å². The highest BCUT2D eigenvalue weighted by Gasteiger charge is 2.19. The van der Waals surface area contributed by atoms with Crippen LogP contribution in [0.15, 0.2) is 0 Å². The molecule has 0 aromatic heterocycles. The fourth-order valence-electron chi connectivity index (χ4n) is 10.7. The maximum atomic E-state index is 13.1. The number of carbonyl (C=O) groups excluding carboxylic acids is 2. The third-order valence-corrected chi connectivity index (χ3v) is 19.1. The van der Waals surface area contributed by atoms with E-state index >= 15 is 0 Å². The van der Waals surface area contributed by atoms with Crippen molar-refractivity contribution in [3.8, 4) is 0 Å². The molecule has 0 rings (SSSR count). The van der Waals surface area contributed by atoms with Crippen LogP contribution in [0.1, 0.15) is 323 Å². The Labute approximate surface area is 492 Å². The van der Waals surface area contributed by atoms with Crippen LogP contribution in [0, 0.1) is 0 Å². The molecule has 0 saturated heterocycles. The lowest BCUT2D eigenvalue weighted by molar-refractivity contribution is -0.112. The predicted molar refractivity (Wildman–Crippen MR) is 344 cm³/mol. The Hall–Kier alpha value is 0.150. The maximum Gasteiger partial charge on any atom is 0.190 e. The first-order valence-corrected chi connectivity index (χ1v) is 36.8. The molecule has 4 N–H and O–H groups in total. The summed E-state index contributed by atoms with van der Waals surface area (Å²) in [4.78, 5) is 30.5. The SMILES string of the molecule is CCCCCCCCCCCCC(O)CN(CCC(=O)SCCSCCSC(=O)CCN(CC(O)CCCCCCCCCCCC)CC(O)CCCCCCCCCCCC)CC(O)CCCCCCCCCCCC. The summed E-state index contributed by atoms with van der Waals surface area (Å²) in [7, 11) is 0. The van der Waals surface area contributed by atoms with Gasteiger partial charge in [0.1, 0.15) is 0 Å². The van der Waals surface area contributed by atoms with Crippen molar-refractivity contribution in [2.45, 2.75) is 347 Å². The second kappa shape index (κ2) is 62.2. The number of aliphatic hydroxyl groups is 4. The molecule has 0 aliphatic carbocycles. The summed E-state index contributed by atoms with van der Waals surface area (Å²) in [5, 5.41) is 44.6. The van der Waals surface area contributed by atoms with E-state index in [9.17, 15) is 30.0 Å². The van der Waals surface area contributed by atoms with Gasteiger partial charge in [-0.15, -0.1) is 0 Å². The molecule has 0 heterocycles. The number of rotatable bonds is 64. The lowest BCUT2D eigenvalue weighted by Gasteiger charge is -2.27. The number of thioether (sulfide) groups is 3. The van der Waals surface area contributed by atoms with E-state index < -0.39 is 24.4 Å². The molecule has 0 aromatic rings. The summed E-state index contributed by atoms with van der Waals surface area (Å²) in [6, 6.07) is 0. The molecule has 0 radical (unpaired) electrons. The van der Waals surface area contributed by atoms with Gasteiger partial charge in [0.15, 0.2) is 10.2 Å². The lowest BCUT2D eigenvalue weighted by atomic mass is 10.0. The molecule has 0 spiro atoms. The van der Waals surface area contributed by atoms with Crippen LogP contribution in [0.3, 0.4) is 0 Å². The topological polar surface area (TPSA) is 122 Å². The Morgan fingerprint density at radius 1 is 0.299 bits per heavy atom. The Morgan fingerprint density at radius 3 is 0.701 bits per heavy atom. The molecule has 4 unspecified atom stereocenters. The molecule has 0 fully saturated rings. The third-order valence-electron chi connectivity index (χ3n) is 15.7. The first-order chi connectivity index (χ1) is 37.6. The average molecular weight is 1150 g/mol. The van der Waals surface area contributed by atoms with Crippen molar-refractivity contribution in [2.75, 3.05) is 62.3 Å². The van der Waals surface area contributed by atoms with Crippen molar-refractivity contribution in [1.29, 1.82) is 0 Å². The molecule has 0 saturated carbocycles. The van der Waals surface area contributed by atoms with Gasteiger partial charge in [0.05, 0.1) is 24.4 Å². The van der Waals surface area contributed by atoms with Crippen LogP contribution >= 0.6 is 35.3 Å². The van der Waals surface area contributed by atoms with Gasteiger partial charge in [0.2, 0.25) is 0 Å². The zero-order valence-corrected chi connectivity index (χ0v) is 54.1. The highest BCUT2D eigenvalue weighted by atomic mass is 32.2. The minimum absolute atomic E-state index is 0.167. The van der Waals surface area contributed by atoms with Crippen LogP contribution in [0.4, 0.5) is 0 Å². The molecule has 0 aliphatic rings. The normalized spacial score (nSPS) is 13.5. The minimum atomic E-state index is -0.440. The van der Waals surface area contributed by atoms with E-state index in [2.05, 4.69) is 37.5 Å². The molecule has 11 heteroatoms. The van der Waals surface area contributed by atoms with Gasteiger partial charge in [-0.05, 0) is 25.7 Å². The van der Waals surface area contributed by atoms with E-state index in [0.29, 0.717) is 52.1 Å². The highest BCUT2D eigenvalue weighted by Crippen LogP contribution is 2.20. The van der Waals surface area contributed by atoms with E-state index in [4.69, 9.17) is 0 Å².